The van der Waals surface area contributed by atoms with Gasteiger partial charge in [0.1, 0.15) is 5.82 Å². The Hall–Kier alpha value is -0.410. The Kier molecular flexibility index (Phi) is 3.56. The molecule has 0 amide bonds. The van der Waals surface area contributed by atoms with Crippen LogP contribution in [0.4, 0.5) is 4.39 Å². The van der Waals surface area contributed by atoms with E-state index in [1.807, 2.05) is 27.7 Å². The van der Waals surface area contributed by atoms with Crippen LogP contribution in [0, 0.1) is 19.7 Å². The van der Waals surface area contributed by atoms with Crippen LogP contribution in [0.3, 0.4) is 0 Å². The van der Waals surface area contributed by atoms with Crippen LogP contribution < -0.4 is 0 Å². The fraction of sp³-hybridized carbons (Fsp3) is 0.500. The zero-order valence-corrected chi connectivity index (χ0v) is 11.1. The molecule has 3 heteroatoms. The zero-order chi connectivity index (χ0) is 11.8. The maximum atomic E-state index is 14.0. The topological polar surface area (TPSA) is 20.2 Å². The first-order valence-electron chi connectivity index (χ1n) is 4.88. The van der Waals surface area contributed by atoms with Gasteiger partial charge in [-0.2, -0.15) is 0 Å². The summed E-state index contributed by atoms with van der Waals surface area (Å²) in [6.07, 6.45) is 0. The number of aryl methyl sites for hydroxylation is 1. The molecule has 0 bridgehead atoms. The van der Waals surface area contributed by atoms with Crippen LogP contribution in [0.5, 0.6) is 0 Å². The average Bonchev–Trinajstić information content (AvgIpc) is 2.15. The van der Waals surface area contributed by atoms with Crippen LogP contribution in [-0.2, 0) is 5.41 Å². The number of hydrogen-bond donors (Lipinski definition) is 1. The SMILES string of the molecule is Cc1cc(Br)c(F)c(C(C)(C)CO)c1C. The highest BCUT2D eigenvalue weighted by Gasteiger charge is 2.27. The molecule has 1 N–H and O–H groups in total. The van der Waals surface area contributed by atoms with Crippen molar-refractivity contribution in [2.75, 3.05) is 6.61 Å². The van der Waals surface area contributed by atoms with Crippen molar-refractivity contribution in [1.82, 2.24) is 0 Å². The van der Waals surface area contributed by atoms with E-state index in [4.69, 9.17) is 0 Å². The third kappa shape index (κ3) is 2.23. The standard InChI is InChI=1S/C12H16BrFO/c1-7-5-9(13)11(14)10(8(7)2)12(3,4)6-15/h5,15H,6H2,1-4H3. The van der Waals surface area contributed by atoms with E-state index in [1.165, 1.54) is 0 Å². The van der Waals surface area contributed by atoms with Crippen molar-refractivity contribution in [3.8, 4) is 0 Å². The molecule has 0 spiro atoms. The maximum absolute atomic E-state index is 14.0. The highest BCUT2D eigenvalue weighted by Crippen LogP contribution is 2.34. The van der Waals surface area contributed by atoms with Crippen molar-refractivity contribution in [2.45, 2.75) is 33.1 Å². The number of hydrogen-bond acceptors (Lipinski definition) is 1. The van der Waals surface area contributed by atoms with E-state index in [9.17, 15) is 9.50 Å². The van der Waals surface area contributed by atoms with Gasteiger partial charge >= 0.3 is 0 Å². The lowest BCUT2D eigenvalue weighted by Crippen LogP contribution is -2.25. The van der Waals surface area contributed by atoms with Gasteiger partial charge in [-0.15, -0.1) is 0 Å². The van der Waals surface area contributed by atoms with Gasteiger partial charge in [0.05, 0.1) is 11.1 Å². The lowest BCUT2D eigenvalue weighted by Gasteiger charge is -2.26. The maximum Gasteiger partial charge on any atom is 0.141 e. The second-order valence-electron chi connectivity index (χ2n) is 4.53. The van der Waals surface area contributed by atoms with E-state index in [-0.39, 0.29) is 12.4 Å². The molecule has 0 fully saturated rings. The summed E-state index contributed by atoms with van der Waals surface area (Å²) in [6.45, 7) is 7.43. The molecule has 0 saturated heterocycles. The van der Waals surface area contributed by atoms with Crippen LogP contribution in [0.15, 0.2) is 10.5 Å². The molecule has 0 saturated carbocycles. The molecular formula is C12H16BrFO. The van der Waals surface area contributed by atoms with Gasteiger partial charge in [-0.05, 0) is 47.0 Å². The van der Waals surface area contributed by atoms with Gasteiger partial charge in [-0.1, -0.05) is 13.8 Å². The normalized spacial score (nSPS) is 11.9. The summed E-state index contributed by atoms with van der Waals surface area (Å²) in [7, 11) is 0. The number of halogens is 2. The highest BCUT2D eigenvalue weighted by molar-refractivity contribution is 9.10. The van der Waals surface area contributed by atoms with Gasteiger partial charge in [0.15, 0.2) is 0 Å². The van der Waals surface area contributed by atoms with Gasteiger partial charge in [0.25, 0.3) is 0 Å². The van der Waals surface area contributed by atoms with E-state index in [0.29, 0.717) is 10.0 Å². The molecule has 1 aromatic carbocycles. The highest BCUT2D eigenvalue weighted by atomic mass is 79.9. The van der Waals surface area contributed by atoms with Crippen molar-refractivity contribution < 1.29 is 9.50 Å². The number of benzene rings is 1. The van der Waals surface area contributed by atoms with Gasteiger partial charge in [-0.3, -0.25) is 0 Å². The first-order chi connectivity index (χ1) is 6.81. The summed E-state index contributed by atoms with van der Waals surface area (Å²) in [4.78, 5) is 0. The first-order valence-corrected chi connectivity index (χ1v) is 5.67. The number of aliphatic hydroxyl groups is 1. The minimum atomic E-state index is -0.553. The fourth-order valence-corrected chi connectivity index (χ4v) is 2.27. The summed E-state index contributed by atoms with van der Waals surface area (Å²) >= 11 is 3.20. The average molecular weight is 275 g/mol. The van der Waals surface area contributed by atoms with Gasteiger partial charge < -0.3 is 5.11 Å². The molecule has 15 heavy (non-hydrogen) atoms. The molecule has 0 aliphatic carbocycles. The third-order valence-corrected chi connectivity index (χ3v) is 3.39. The molecular weight excluding hydrogens is 259 g/mol. The van der Waals surface area contributed by atoms with E-state index in [0.717, 1.165) is 11.1 Å². The van der Waals surface area contributed by atoms with E-state index in [1.54, 1.807) is 6.07 Å². The predicted octanol–water partition coefficient (Wildman–Crippen LogP) is 3.47. The number of rotatable bonds is 2. The van der Waals surface area contributed by atoms with E-state index >= 15 is 0 Å². The van der Waals surface area contributed by atoms with Gasteiger partial charge in [-0.25, -0.2) is 4.39 Å². The van der Waals surface area contributed by atoms with E-state index < -0.39 is 5.41 Å². The largest absolute Gasteiger partial charge is 0.395 e. The Labute approximate surface area is 98.4 Å². The molecule has 1 nitrogen and oxygen atoms in total. The van der Waals surface area contributed by atoms with Crippen molar-refractivity contribution >= 4 is 15.9 Å². The summed E-state index contributed by atoms with van der Waals surface area (Å²) in [5.41, 5.74) is 1.98. The molecule has 0 heterocycles. The zero-order valence-electron chi connectivity index (χ0n) is 9.49. The lowest BCUT2D eigenvalue weighted by molar-refractivity contribution is 0.214. The lowest BCUT2D eigenvalue weighted by atomic mass is 9.81. The van der Waals surface area contributed by atoms with Crippen molar-refractivity contribution in [2.24, 2.45) is 0 Å². The summed E-state index contributed by atoms with van der Waals surface area (Å²) in [5.74, 6) is -0.267. The predicted molar refractivity (Wildman–Crippen MR) is 63.7 cm³/mol. The molecule has 0 unspecified atom stereocenters. The van der Waals surface area contributed by atoms with Crippen LogP contribution in [0.25, 0.3) is 0 Å². The minimum absolute atomic E-state index is 0.0688. The third-order valence-electron chi connectivity index (χ3n) is 2.81. The van der Waals surface area contributed by atoms with Crippen LogP contribution in [-0.4, -0.2) is 11.7 Å². The Bertz CT molecular complexity index is 359. The summed E-state index contributed by atoms with van der Waals surface area (Å²) in [6, 6.07) is 1.77. The molecule has 0 radical (unpaired) electrons. The molecule has 0 aliphatic heterocycles. The Balaban J connectivity index is 3.53. The van der Waals surface area contributed by atoms with Crippen LogP contribution in [0.1, 0.15) is 30.5 Å². The second kappa shape index (κ2) is 4.22. The first kappa shape index (κ1) is 12.7. The van der Waals surface area contributed by atoms with Gasteiger partial charge in [0, 0.05) is 11.0 Å². The quantitative estimate of drug-likeness (QED) is 0.876. The molecule has 1 rings (SSSR count). The number of aliphatic hydroxyl groups excluding tert-OH is 1. The Morgan fingerprint density at radius 1 is 1.40 bits per heavy atom. The monoisotopic (exact) mass is 274 g/mol. The smallest absolute Gasteiger partial charge is 0.141 e. The summed E-state index contributed by atoms with van der Waals surface area (Å²) in [5, 5.41) is 9.30. The molecule has 0 aliphatic rings. The Morgan fingerprint density at radius 2 is 1.93 bits per heavy atom. The van der Waals surface area contributed by atoms with Crippen LogP contribution in [0.2, 0.25) is 0 Å². The van der Waals surface area contributed by atoms with Crippen molar-refractivity contribution in [3.05, 3.63) is 33.0 Å². The van der Waals surface area contributed by atoms with Crippen molar-refractivity contribution in [1.29, 1.82) is 0 Å². The van der Waals surface area contributed by atoms with Crippen molar-refractivity contribution in [3.63, 3.8) is 0 Å². The van der Waals surface area contributed by atoms with Gasteiger partial charge in [0.2, 0.25) is 0 Å². The van der Waals surface area contributed by atoms with E-state index in [2.05, 4.69) is 15.9 Å². The van der Waals surface area contributed by atoms with Crippen LogP contribution >= 0.6 is 15.9 Å². The minimum Gasteiger partial charge on any atom is -0.395 e. The fourth-order valence-electron chi connectivity index (χ4n) is 1.73. The second-order valence-corrected chi connectivity index (χ2v) is 5.39. The Morgan fingerprint density at radius 3 is 2.40 bits per heavy atom. The molecule has 84 valence electrons. The molecule has 0 atom stereocenters. The molecule has 0 aromatic heterocycles. The summed E-state index contributed by atoms with van der Waals surface area (Å²) < 4.78 is 14.4. The molecule has 1 aromatic rings.